The highest BCUT2D eigenvalue weighted by molar-refractivity contribution is 5.61. The zero-order valence-corrected chi connectivity index (χ0v) is 20.6. The van der Waals surface area contributed by atoms with E-state index in [0.717, 1.165) is 12.1 Å². The van der Waals surface area contributed by atoms with Crippen LogP contribution in [-0.2, 0) is 0 Å². The van der Waals surface area contributed by atoms with Crippen molar-refractivity contribution in [2.75, 3.05) is 0 Å². The summed E-state index contributed by atoms with van der Waals surface area (Å²) in [7, 11) is 0. The first-order chi connectivity index (χ1) is 19.5. The van der Waals surface area contributed by atoms with Crippen molar-refractivity contribution in [1.29, 1.82) is 0 Å². The van der Waals surface area contributed by atoms with Crippen molar-refractivity contribution >= 4 is 5.57 Å². The Labute approximate surface area is 232 Å². The number of hydrogen-bond acceptors (Lipinski definition) is 1. The summed E-state index contributed by atoms with van der Waals surface area (Å²) < 4.78 is 312. The summed E-state index contributed by atoms with van der Waals surface area (Å²) in [4.78, 5) is 0. The summed E-state index contributed by atoms with van der Waals surface area (Å²) >= 11 is 0. The molecular formula is C21H9F23O. The van der Waals surface area contributed by atoms with E-state index in [1.807, 2.05) is 0 Å². The van der Waals surface area contributed by atoms with Gasteiger partial charge in [-0.3, -0.25) is 0 Å². The van der Waals surface area contributed by atoms with Gasteiger partial charge in [0.1, 0.15) is 5.75 Å². The molecule has 0 aliphatic heterocycles. The molecule has 0 aliphatic carbocycles. The van der Waals surface area contributed by atoms with E-state index < -0.39 is 77.1 Å². The lowest BCUT2D eigenvalue weighted by molar-refractivity contribution is -0.473. The summed E-state index contributed by atoms with van der Waals surface area (Å²) in [6, 6.07) is -0.972. The summed E-state index contributed by atoms with van der Waals surface area (Å²) in [5, 5.41) is 0. The second-order valence-electron chi connectivity index (χ2n) is 8.66. The van der Waals surface area contributed by atoms with Crippen molar-refractivity contribution in [3.05, 3.63) is 48.2 Å². The van der Waals surface area contributed by atoms with Gasteiger partial charge in [-0.15, -0.1) is 0 Å². The SMILES string of the molecule is C=C(C)c1ccc(OC(F)=C(F)C(F)(F)C(F)(F)C(F)(F)C(F)(F)C(F)(F)C(F)(F)C(F)(F)C(F)(F)C(F)(F)C(F)(F)F)cc1. The van der Waals surface area contributed by atoms with Gasteiger partial charge in [-0.05, 0) is 24.6 Å². The predicted octanol–water partition coefficient (Wildman–Crippen LogP) is 10.5. The number of rotatable bonds is 12. The van der Waals surface area contributed by atoms with Crippen LogP contribution in [0.5, 0.6) is 5.75 Å². The lowest BCUT2D eigenvalue weighted by Crippen LogP contribution is -2.76. The van der Waals surface area contributed by atoms with E-state index in [1.165, 1.54) is 6.92 Å². The minimum absolute atomic E-state index is 0.147. The molecule has 1 nitrogen and oxygen atoms in total. The highest BCUT2D eigenvalue weighted by atomic mass is 19.4. The first kappa shape index (κ1) is 39.9. The van der Waals surface area contributed by atoms with Crippen LogP contribution in [0.1, 0.15) is 12.5 Å². The predicted molar refractivity (Wildman–Crippen MR) is 102 cm³/mol. The molecule has 0 amide bonds. The monoisotopic (exact) mass is 714 g/mol. The van der Waals surface area contributed by atoms with E-state index >= 15 is 0 Å². The smallest absolute Gasteiger partial charge is 0.430 e. The standard InChI is InChI=1S/C21H9F23O/c1-7(2)8-3-5-9(6-4-8)45-11(23)10(22)12(24,25)13(26,27)14(28,29)15(30,31)16(32,33)17(34,35)18(36,37)19(38,39)20(40,41)21(42,43)44/h3-6H,1H2,2H3. The van der Waals surface area contributed by atoms with Crippen LogP contribution < -0.4 is 4.74 Å². The van der Waals surface area contributed by atoms with E-state index in [0.29, 0.717) is 12.1 Å². The minimum Gasteiger partial charge on any atom is -0.430 e. The molecular weight excluding hydrogens is 705 g/mol. The maximum atomic E-state index is 13.9. The third-order valence-electron chi connectivity index (χ3n) is 5.51. The fourth-order valence-electron chi connectivity index (χ4n) is 2.78. The van der Waals surface area contributed by atoms with Gasteiger partial charge in [-0.25, -0.2) is 0 Å². The fraction of sp³-hybridized carbons (Fsp3) is 0.524. The molecule has 0 saturated heterocycles. The van der Waals surface area contributed by atoms with Crippen LogP contribution in [-0.4, -0.2) is 59.5 Å². The Morgan fingerprint density at radius 2 is 0.778 bits per heavy atom. The zero-order valence-electron chi connectivity index (χ0n) is 20.6. The van der Waals surface area contributed by atoms with E-state index in [-0.39, 0.29) is 11.1 Å². The Morgan fingerprint density at radius 1 is 0.489 bits per heavy atom. The normalized spacial score (nSPS) is 16.0. The number of allylic oxidation sites excluding steroid dienone is 2. The highest BCUT2D eigenvalue weighted by Crippen LogP contribution is 2.66. The molecule has 0 unspecified atom stereocenters. The van der Waals surface area contributed by atoms with Crippen molar-refractivity contribution in [1.82, 2.24) is 0 Å². The van der Waals surface area contributed by atoms with Crippen LogP contribution in [0, 0.1) is 0 Å². The number of hydrogen-bond donors (Lipinski definition) is 0. The van der Waals surface area contributed by atoms with Gasteiger partial charge in [0.2, 0.25) is 5.83 Å². The van der Waals surface area contributed by atoms with Crippen molar-refractivity contribution in [2.24, 2.45) is 0 Å². The Morgan fingerprint density at radius 3 is 1.07 bits per heavy atom. The molecule has 1 aromatic rings. The topological polar surface area (TPSA) is 9.23 Å². The van der Waals surface area contributed by atoms with Crippen LogP contribution in [0.25, 0.3) is 5.57 Å². The molecule has 1 rings (SSSR count). The van der Waals surface area contributed by atoms with Crippen molar-refractivity contribution in [3.8, 4) is 5.75 Å². The second-order valence-corrected chi connectivity index (χ2v) is 8.66. The fourth-order valence-corrected chi connectivity index (χ4v) is 2.78. The number of benzene rings is 1. The van der Waals surface area contributed by atoms with Crippen molar-refractivity contribution in [2.45, 2.75) is 66.4 Å². The average molecular weight is 714 g/mol. The molecule has 0 spiro atoms. The van der Waals surface area contributed by atoms with Crippen LogP contribution in [0.3, 0.4) is 0 Å². The molecule has 0 atom stereocenters. The van der Waals surface area contributed by atoms with Crippen molar-refractivity contribution in [3.63, 3.8) is 0 Å². The molecule has 24 heteroatoms. The number of ether oxygens (including phenoxy) is 1. The number of alkyl halides is 21. The third-order valence-corrected chi connectivity index (χ3v) is 5.51. The largest absolute Gasteiger partial charge is 0.460 e. The first-order valence-corrected chi connectivity index (χ1v) is 10.4. The van der Waals surface area contributed by atoms with Gasteiger partial charge in [0, 0.05) is 0 Å². The molecule has 0 bridgehead atoms. The minimum atomic E-state index is -9.40. The lowest BCUT2D eigenvalue weighted by atomic mass is 9.86. The molecule has 260 valence electrons. The summed E-state index contributed by atoms with van der Waals surface area (Å²) in [5.41, 5.74) is 0.380. The molecule has 0 aromatic heterocycles. The molecule has 0 radical (unpaired) electrons. The van der Waals surface area contributed by atoms with Gasteiger partial charge in [-0.1, -0.05) is 24.3 Å². The molecule has 0 saturated carbocycles. The quantitative estimate of drug-likeness (QED) is 0.155. The summed E-state index contributed by atoms with van der Waals surface area (Å²) in [5.74, 6) is -86.5. The van der Waals surface area contributed by atoms with Crippen molar-refractivity contribution < 1.29 is 106 Å². The van der Waals surface area contributed by atoms with Crippen LogP contribution in [0.2, 0.25) is 0 Å². The van der Waals surface area contributed by atoms with Crippen LogP contribution in [0.15, 0.2) is 42.7 Å². The van der Waals surface area contributed by atoms with Gasteiger partial charge >= 0.3 is 65.5 Å². The van der Waals surface area contributed by atoms with Crippen LogP contribution >= 0.6 is 0 Å². The van der Waals surface area contributed by atoms with E-state index in [2.05, 4.69) is 11.3 Å². The maximum absolute atomic E-state index is 13.9. The van der Waals surface area contributed by atoms with Gasteiger partial charge in [0.05, 0.1) is 0 Å². The Kier molecular flexibility index (Phi) is 9.76. The molecule has 45 heavy (non-hydrogen) atoms. The Balaban J connectivity index is 3.75. The Bertz CT molecular complexity index is 1280. The number of halogens is 23. The highest BCUT2D eigenvalue weighted by Gasteiger charge is 2.98. The zero-order chi connectivity index (χ0) is 36.4. The van der Waals surface area contributed by atoms with Gasteiger partial charge in [0.15, 0.2) is 0 Å². The second kappa shape index (κ2) is 11.0. The molecule has 0 fully saturated rings. The van der Waals surface area contributed by atoms with Crippen LogP contribution in [0.4, 0.5) is 101 Å². The molecule has 1 aromatic carbocycles. The third kappa shape index (κ3) is 5.52. The first-order valence-electron chi connectivity index (χ1n) is 10.4. The van der Waals surface area contributed by atoms with E-state index in [1.54, 1.807) is 0 Å². The summed E-state index contributed by atoms with van der Waals surface area (Å²) in [6.45, 7) is 4.70. The molecule has 0 aliphatic rings. The lowest BCUT2D eigenvalue weighted by Gasteiger charge is -2.44. The molecule has 0 N–H and O–H groups in total. The molecule has 0 heterocycles. The summed E-state index contributed by atoms with van der Waals surface area (Å²) in [6.07, 6.45) is -8.10. The van der Waals surface area contributed by atoms with E-state index in [4.69, 9.17) is 0 Å². The van der Waals surface area contributed by atoms with E-state index in [9.17, 15) is 101 Å². The van der Waals surface area contributed by atoms with Gasteiger partial charge in [-0.2, -0.15) is 101 Å². The maximum Gasteiger partial charge on any atom is 0.460 e. The Hall–Kier alpha value is -3.11. The average Bonchev–Trinajstić information content (AvgIpc) is 2.86. The van der Waals surface area contributed by atoms with Gasteiger partial charge < -0.3 is 4.74 Å². The van der Waals surface area contributed by atoms with Gasteiger partial charge in [0.25, 0.3) is 0 Å².